The minimum absolute atomic E-state index is 0.297. The number of carbonyl (C=O) groups is 2. The number of amides is 1. The third-order valence-electron chi connectivity index (χ3n) is 3.05. The van der Waals surface area contributed by atoms with E-state index in [9.17, 15) is 9.59 Å². The largest absolute Gasteiger partial charge is 0.478 e. The van der Waals surface area contributed by atoms with Gasteiger partial charge in [0.25, 0.3) is 5.91 Å². The van der Waals surface area contributed by atoms with Gasteiger partial charge in [-0.25, -0.2) is 9.78 Å². The van der Waals surface area contributed by atoms with Crippen LogP contribution in [0.2, 0.25) is 0 Å². The van der Waals surface area contributed by atoms with Gasteiger partial charge in [-0.2, -0.15) is 0 Å². The summed E-state index contributed by atoms with van der Waals surface area (Å²) >= 11 is 0. The van der Waals surface area contributed by atoms with Crippen LogP contribution >= 0.6 is 0 Å². The van der Waals surface area contributed by atoms with Gasteiger partial charge >= 0.3 is 5.97 Å². The number of carbonyl (C=O) groups excluding carboxylic acids is 1. The minimum Gasteiger partial charge on any atom is -0.478 e. The third-order valence-corrected chi connectivity index (χ3v) is 3.05. The lowest BCUT2D eigenvalue weighted by Gasteiger charge is -2.24. The second kappa shape index (κ2) is 6.81. The summed E-state index contributed by atoms with van der Waals surface area (Å²) in [5, 5.41) is 11.2. The molecule has 108 valence electrons. The smallest absolute Gasteiger partial charge is 0.328 e. The van der Waals surface area contributed by atoms with Crippen molar-refractivity contribution in [2.75, 3.05) is 12.4 Å². The van der Waals surface area contributed by atoms with Gasteiger partial charge in [-0.05, 0) is 37.1 Å². The van der Waals surface area contributed by atoms with Crippen LogP contribution in [0, 0.1) is 0 Å². The topological polar surface area (TPSA) is 88.5 Å². The molecular weight excluding hydrogens is 260 g/mol. The van der Waals surface area contributed by atoms with Crippen LogP contribution in [-0.4, -0.2) is 34.7 Å². The normalized spacial score (nSPS) is 13.9. The Morgan fingerprint density at radius 2 is 2.25 bits per heavy atom. The predicted molar refractivity (Wildman–Crippen MR) is 75.2 cm³/mol. The van der Waals surface area contributed by atoms with Crippen LogP contribution in [-0.2, 0) is 14.3 Å². The summed E-state index contributed by atoms with van der Waals surface area (Å²) in [4.78, 5) is 26.6. The molecule has 6 nitrogen and oxygen atoms in total. The van der Waals surface area contributed by atoms with E-state index in [1.165, 1.54) is 19.4 Å². The highest BCUT2D eigenvalue weighted by Gasteiger charge is 2.31. The zero-order valence-electron chi connectivity index (χ0n) is 11.7. The number of aromatic nitrogens is 1. The lowest BCUT2D eigenvalue weighted by molar-refractivity contribution is -0.136. The van der Waals surface area contributed by atoms with E-state index in [0.717, 1.165) is 6.08 Å². The maximum absolute atomic E-state index is 12.1. The van der Waals surface area contributed by atoms with Gasteiger partial charge in [0.1, 0.15) is 11.4 Å². The standard InChI is InChI=1S/C14H18N2O4/c1-4-14(2,20-3)13(19)16-11-9-10(7-8-15-11)5-6-12(17)18/h5-9H,4H2,1-3H3,(H,17,18)(H,15,16,19)/b6-5+. The maximum Gasteiger partial charge on any atom is 0.328 e. The van der Waals surface area contributed by atoms with Crippen molar-refractivity contribution in [2.24, 2.45) is 0 Å². The van der Waals surface area contributed by atoms with Crippen molar-refractivity contribution in [1.29, 1.82) is 0 Å². The Hall–Kier alpha value is -2.21. The van der Waals surface area contributed by atoms with Crippen LogP contribution in [0.5, 0.6) is 0 Å². The molecule has 1 unspecified atom stereocenters. The van der Waals surface area contributed by atoms with Gasteiger partial charge in [-0.15, -0.1) is 0 Å². The van der Waals surface area contributed by atoms with E-state index in [4.69, 9.17) is 9.84 Å². The molecule has 0 aliphatic heterocycles. The molecule has 1 aromatic rings. The fraction of sp³-hybridized carbons (Fsp3) is 0.357. The molecule has 0 aliphatic rings. The van der Waals surface area contributed by atoms with Crippen LogP contribution < -0.4 is 5.32 Å². The van der Waals surface area contributed by atoms with Crippen molar-refractivity contribution in [2.45, 2.75) is 25.9 Å². The number of pyridine rings is 1. The van der Waals surface area contributed by atoms with Crippen LogP contribution in [0.25, 0.3) is 6.08 Å². The zero-order valence-corrected chi connectivity index (χ0v) is 11.7. The summed E-state index contributed by atoms with van der Waals surface area (Å²) in [5.41, 5.74) is -0.289. The Morgan fingerprint density at radius 1 is 1.55 bits per heavy atom. The maximum atomic E-state index is 12.1. The molecule has 6 heteroatoms. The number of carboxylic acid groups (broad SMARTS) is 1. The number of anilines is 1. The first-order valence-electron chi connectivity index (χ1n) is 6.15. The lowest BCUT2D eigenvalue weighted by Crippen LogP contribution is -2.41. The number of rotatable bonds is 6. The van der Waals surface area contributed by atoms with Crippen LogP contribution in [0.1, 0.15) is 25.8 Å². The Kier molecular flexibility index (Phi) is 5.40. The number of aliphatic carboxylic acids is 1. The van der Waals surface area contributed by atoms with E-state index in [-0.39, 0.29) is 5.91 Å². The Balaban J connectivity index is 2.86. The minimum atomic E-state index is -1.04. The molecule has 0 saturated carbocycles. The summed E-state index contributed by atoms with van der Waals surface area (Å²) < 4.78 is 5.20. The SMILES string of the molecule is CCC(C)(OC)C(=O)Nc1cc(/C=C/C(=O)O)ccn1. The van der Waals surface area contributed by atoms with Crippen LogP contribution in [0.3, 0.4) is 0 Å². The fourth-order valence-electron chi connectivity index (χ4n) is 1.43. The lowest BCUT2D eigenvalue weighted by atomic mass is 10.0. The van der Waals surface area contributed by atoms with Crippen molar-refractivity contribution < 1.29 is 19.4 Å². The quantitative estimate of drug-likeness (QED) is 0.776. The number of ether oxygens (including phenoxy) is 1. The number of hydrogen-bond donors (Lipinski definition) is 2. The molecule has 0 saturated heterocycles. The van der Waals surface area contributed by atoms with Gasteiger partial charge in [0, 0.05) is 19.4 Å². The van der Waals surface area contributed by atoms with E-state index < -0.39 is 11.6 Å². The third kappa shape index (κ3) is 4.17. The van der Waals surface area contributed by atoms with E-state index in [1.54, 1.807) is 19.1 Å². The molecular formula is C14H18N2O4. The van der Waals surface area contributed by atoms with Crippen molar-refractivity contribution >= 4 is 23.8 Å². The van der Waals surface area contributed by atoms with Crippen molar-refractivity contribution in [1.82, 2.24) is 4.98 Å². The number of hydrogen-bond acceptors (Lipinski definition) is 4. The number of nitrogens with zero attached hydrogens (tertiary/aromatic N) is 1. The molecule has 0 aliphatic carbocycles. The highest BCUT2D eigenvalue weighted by atomic mass is 16.5. The first kappa shape index (κ1) is 15.8. The molecule has 1 heterocycles. The number of carboxylic acids is 1. The monoisotopic (exact) mass is 278 g/mol. The zero-order chi connectivity index (χ0) is 15.2. The summed E-state index contributed by atoms with van der Waals surface area (Å²) in [6, 6.07) is 3.23. The molecule has 1 atom stereocenters. The predicted octanol–water partition coefficient (Wildman–Crippen LogP) is 1.93. The molecule has 1 rings (SSSR count). The number of nitrogens with one attached hydrogen (secondary N) is 1. The van der Waals surface area contributed by atoms with Crippen molar-refractivity contribution in [3.8, 4) is 0 Å². The Bertz CT molecular complexity index is 522. The van der Waals surface area contributed by atoms with E-state index >= 15 is 0 Å². The van der Waals surface area contributed by atoms with E-state index in [2.05, 4.69) is 10.3 Å². The Morgan fingerprint density at radius 3 is 2.80 bits per heavy atom. The Labute approximate surface area is 117 Å². The summed E-state index contributed by atoms with van der Waals surface area (Å²) in [6.07, 6.45) is 4.46. The highest BCUT2D eigenvalue weighted by molar-refractivity contribution is 5.96. The van der Waals surface area contributed by atoms with Gasteiger partial charge in [0.2, 0.25) is 0 Å². The molecule has 1 aromatic heterocycles. The first-order valence-corrected chi connectivity index (χ1v) is 6.15. The van der Waals surface area contributed by atoms with Gasteiger partial charge < -0.3 is 15.2 Å². The van der Waals surface area contributed by atoms with Crippen molar-refractivity contribution in [3.05, 3.63) is 30.0 Å². The molecule has 0 fully saturated rings. The highest BCUT2D eigenvalue weighted by Crippen LogP contribution is 2.17. The van der Waals surface area contributed by atoms with E-state index in [0.29, 0.717) is 17.8 Å². The van der Waals surface area contributed by atoms with Gasteiger partial charge in [-0.3, -0.25) is 4.79 Å². The second-order valence-electron chi connectivity index (χ2n) is 4.39. The van der Waals surface area contributed by atoms with Gasteiger partial charge in [-0.1, -0.05) is 6.92 Å². The average molecular weight is 278 g/mol. The number of methoxy groups -OCH3 is 1. The van der Waals surface area contributed by atoms with Gasteiger partial charge in [0.05, 0.1) is 0 Å². The molecule has 0 aromatic carbocycles. The van der Waals surface area contributed by atoms with Crippen molar-refractivity contribution in [3.63, 3.8) is 0 Å². The molecule has 0 spiro atoms. The molecule has 1 amide bonds. The van der Waals surface area contributed by atoms with Gasteiger partial charge in [0.15, 0.2) is 0 Å². The molecule has 0 bridgehead atoms. The van der Waals surface area contributed by atoms with Crippen LogP contribution in [0.15, 0.2) is 24.4 Å². The first-order chi connectivity index (χ1) is 9.41. The summed E-state index contributed by atoms with van der Waals surface area (Å²) in [6.45, 7) is 3.54. The average Bonchev–Trinajstić information content (AvgIpc) is 2.44. The van der Waals surface area contributed by atoms with Crippen LogP contribution in [0.4, 0.5) is 5.82 Å². The second-order valence-corrected chi connectivity index (χ2v) is 4.39. The fourth-order valence-corrected chi connectivity index (χ4v) is 1.43. The molecule has 2 N–H and O–H groups in total. The molecule has 0 radical (unpaired) electrons. The van der Waals surface area contributed by atoms with E-state index in [1.807, 2.05) is 6.92 Å². The summed E-state index contributed by atoms with van der Waals surface area (Å²) in [7, 11) is 1.47. The summed E-state index contributed by atoms with van der Waals surface area (Å²) in [5.74, 6) is -0.987. The molecule has 20 heavy (non-hydrogen) atoms.